The summed E-state index contributed by atoms with van der Waals surface area (Å²) >= 11 is 0. The average Bonchev–Trinajstić information content (AvgIpc) is 3.41. The van der Waals surface area contributed by atoms with Crippen molar-refractivity contribution in [2.45, 2.75) is 38.6 Å². The molecule has 37 heavy (non-hydrogen) atoms. The predicted octanol–water partition coefficient (Wildman–Crippen LogP) is 5.43. The Morgan fingerprint density at radius 1 is 0.919 bits per heavy atom. The van der Waals surface area contributed by atoms with Gasteiger partial charge in [0.2, 0.25) is 18.1 Å². The van der Waals surface area contributed by atoms with E-state index in [0.717, 1.165) is 22.3 Å². The zero-order chi connectivity index (χ0) is 26.2. The van der Waals surface area contributed by atoms with Crippen molar-refractivity contribution in [3.05, 3.63) is 102 Å². The number of aromatic nitrogens is 2. The van der Waals surface area contributed by atoms with Gasteiger partial charge in [-0.2, -0.15) is 0 Å². The zero-order valence-electron chi connectivity index (χ0n) is 20.4. The number of nitrogens with zero attached hydrogens (tertiary/aromatic N) is 3. The molecule has 0 spiro atoms. The second-order valence-electron chi connectivity index (χ2n) is 8.67. The molecular formula is C29H27N3O5. The molecule has 0 bridgehead atoms. The van der Waals surface area contributed by atoms with Gasteiger partial charge in [0.1, 0.15) is 6.04 Å². The summed E-state index contributed by atoms with van der Waals surface area (Å²) in [5.74, 6) is -1.48. The minimum Gasteiger partial charge on any atom is -0.481 e. The number of benzene rings is 3. The van der Waals surface area contributed by atoms with Crippen LogP contribution in [-0.2, 0) is 16.0 Å². The van der Waals surface area contributed by atoms with Crippen LogP contribution in [0.5, 0.6) is 0 Å². The molecule has 1 unspecified atom stereocenters. The van der Waals surface area contributed by atoms with E-state index >= 15 is 0 Å². The number of hydrogen-bond donors (Lipinski definition) is 1. The molecule has 0 aliphatic carbocycles. The van der Waals surface area contributed by atoms with Crippen LogP contribution in [0.2, 0.25) is 0 Å². The number of aliphatic carboxylic acids is 1. The Morgan fingerprint density at radius 3 is 2.27 bits per heavy atom. The monoisotopic (exact) mass is 497 g/mol. The van der Waals surface area contributed by atoms with Crippen LogP contribution in [-0.4, -0.2) is 33.5 Å². The summed E-state index contributed by atoms with van der Waals surface area (Å²) in [4.78, 5) is 37.6. The fourth-order valence-corrected chi connectivity index (χ4v) is 4.14. The van der Waals surface area contributed by atoms with Gasteiger partial charge in [0.15, 0.2) is 0 Å². The van der Waals surface area contributed by atoms with E-state index in [4.69, 9.17) is 4.42 Å². The topological polar surface area (TPSA) is 114 Å². The summed E-state index contributed by atoms with van der Waals surface area (Å²) in [5, 5.41) is 17.2. The quantitative estimate of drug-likeness (QED) is 0.205. The molecule has 0 aliphatic rings. The maximum absolute atomic E-state index is 12.7. The Morgan fingerprint density at radius 2 is 1.59 bits per heavy atom. The van der Waals surface area contributed by atoms with Crippen LogP contribution in [0.15, 0.2) is 83.3 Å². The maximum atomic E-state index is 12.7. The molecule has 8 nitrogen and oxygen atoms in total. The number of carbonyl (C=O) groups excluding carboxylic acids is 2. The molecule has 0 saturated heterocycles. The second kappa shape index (κ2) is 11.9. The summed E-state index contributed by atoms with van der Waals surface area (Å²) in [6.07, 6.45) is 1.13. The van der Waals surface area contributed by atoms with E-state index < -0.39 is 12.0 Å². The van der Waals surface area contributed by atoms with Crippen LogP contribution >= 0.6 is 0 Å². The molecule has 0 aliphatic heterocycles. The highest BCUT2D eigenvalue weighted by atomic mass is 16.4. The number of hydrogen-bond acceptors (Lipinski definition) is 6. The van der Waals surface area contributed by atoms with Gasteiger partial charge < -0.3 is 14.4 Å². The van der Waals surface area contributed by atoms with Crippen LogP contribution in [0.3, 0.4) is 0 Å². The standard InChI is InChI=1S/C29H27N3O5/c1-20-7-5-6-8-21(20)13-17-26(34)29-31-30-28(37-29)25(16-18-27(35)36)32(19-33)24-14-11-23(12-15-24)22-9-3-2-4-10-22/h2-12,14-15,19,25H,13,16-18H2,1H3,(H,35,36). The Kier molecular flexibility index (Phi) is 8.20. The van der Waals surface area contributed by atoms with Crippen LogP contribution in [0.1, 0.15) is 53.0 Å². The first-order chi connectivity index (χ1) is 18.0. The minimum atomic E-state index is -1.02. The third kappa shape index (κ3) is 6.35. The normalized spacial score (nSPS) is 11.6. The summed E-state index contributed by atoms with van der Waals surface area (Å²) in [6.45, 7) is 1.98. The molecule has 4 aromatic rings. The third-order valence-electron chi connectivity index (χ3n) is 6.20. The van der Waals surface area contributed by atoms with Crippen molar-refractivity contribution in [3.8, 4) is 11.1 Å². The molecule has 1 amide bonds. The zero-order valence-corrected chi connectivity index (χ0v) is 20.4. The van der Waals surface area contributed by atoms with Gasteiger partial charge in [0.25, 0.3) is 5.89 Å². The summed E-state index contributed by atoms with van der Waals surface area (Å²) in [6, 6.07) is 24.1. The van der Waals surface area contributed by atoms with Crippen LogP contribution in [0, 0.1) is 6.92 Å². The molecule has 188 valence electrons. The fourth-order valence-electron chi connectivity index (χ4n) is 4.14. The molecule has 1 aromatic heterocycles. The molecule has 1 N–H and O–H groups in total. The van der Waals surface area contributed by atoms with Crippen molar-refractivity contribution in [1.29, 1.82) is 0 Å². The van der Waals surface area contributed by atoms with Crippen molar-refractivity contribution in [3.63, 3.8) is 0 Å². The number of anilines is 1. The molecule has 4 rings (SSSR count). The van der Waals surface area contributed by atoms with Crippen LogP contribution < -0.4 is 4.90 Å². The molecular weight excluding hydrogens is 470 g/mol. The lowest BCUT2D eigenvalue weighted by atomic mass is 10.0. The van der Waals surface area contributed by atoms with E-state index in [2.05, 4.69) is 10.2 Å². The first-order valence-corrected chi connectivity index (χ1v) is 12.0. The lowest BCUT2D eigenvalue weighted by Gasteiger charge is -2.25. The smallest absolute Gasteiger partial charge is 0.303 e. The first-order valence-electron chi connectivity index (χ1n) is 12.0. The number of ketones is 1. The van der Waals surface area contributed by atoms with Gasteiger partial charge in [-0.1, -0.05) is 66.7 Å². The van der Waals surface area contributed by atoms with Gasteiger partial charge in [-0.3, -0.25) is 14.4 Å². The Balaban J connectivity index is 1.54. The van der Waals surface area contributed by atoms with E-state index in [1.54, 1.807) is 12.1 Å². The number of carbonyl (C=O) groups is 3. The number of carboxylic acid groups (broad SMARTS) is 1. The van der Waals surface area contributed by atoms with Crippen LogP contribution in [0.4, 0.5) is 5.69 Å². The highest BCUT2D eigenvalue weighted by Gasteiger charge is 2.28. The Bertz CT molecular complexity index is 1370. The van der Waals surface area contributed by atoms with Gasteiger partial charge in [-0.15, -0.1) is 10.2 Å². The van der Waals surface area contributed by atoms with Gasteiger partial charge in [-0.25, -0.2) is 0 Å². The number of carboxylic acids is 1. The molecule has 0 radical (unpaired) electrons. The Hall–Kier alpha value is -4.59. The lowest BCUT2D eigenvalue weighted by molar-refractivity contribution is -0.137. The number of rotatable bonds is 12. The number of Topliss-reactive ketones (excluding diaryl/α,β-unsaturated/α-hetero) is 1. The molecule has 8 heteroatoms. The van der Waals surface area contributed by atoms with Gasteiger partial charge in [0, 0.05) is 18.5 Å². The summed E-state index contributed by atoms with van der Waals surface area (Å²) in [5.41, 5.74) is 4.68. The van der Waals surface area contributed by atoms with Crippen molar-refractivity contribution in [1.82, 2.24) is 10.2 Å². The van der Waals surface area contributed by atoms with E-state index in [1.165, 1.54) is 4.90 Å². The average molecular weight is 498 g/mol. The highest BCUT2D eigenvalue weighted by Crippen LogP contribution is 2.31. The van der Waals surface area contributed by atoms with Crippen molar-refractivity contribution in [2.24, 2.45) is 0 Å². The lowest BCUT2D eigenvalue weighted by Crippen LogP contribution is -2.28. The van der Waals surface area contributed by atoms with Crippen molar-refractivity contribution >= 4 is 23.9 Å². The van der Waals surface area contributed by atoms with E-state index in [-0.39, 0.29) is 36.8 Å². The highest BCUT2D eigenvalue weighted by molar-refractivity contribution is 5.91. The van der Waals surface area contributed by atoms with Gasteiger partial charge >= 0.3 is 5.97 Å². The largest absolute Gasteiger partial charge is 0.481 e. The van der Waals surface area contributed by atoms with E-state index in [9.17, 15) is 19.5 Å². The van der Waals surface area contributed by atoms with Gasteiger partial charge in [-0.05, 0) is 54.2 Å². The Labute approximate surface area is 214 Å². The molecule has 3 aromatic carbocycles. The fraction of sp³-hybridized carbons (Fsp3) is 0.207. The predicted molar refractivity (Wildman–Crippen MR) is 138 cm³/mol. The summed E-state index contributed by atoms with van der Waals surface area (Å²) in [7, 11) is 0. The third-order valence-corrected chi connectivity index (χ3v) is 6.20. The molecule has 1 atom stereocenters. The molecule has 0 fully saturated rings. The SMILES string of the molecule is Cc1ccccc1CCC(=O)c1nnc(C(CCC(=O)O)N(C=O)c2ccc(-c3ccccc3)cc2)o1. The second-order valence-corrected chi connectivity index (χ2v) is 8.67. The van der Waals surface area contributed by atoms with E-state index in [1.807, 2.05) is 73.7 Å². The molecule has 1 heterocycles. The van der Waals surface area contributed by atoms with Crippen molar-refractivity contribution < 1.29 is 23.9 Å². The summed E-state index contributed by atoms with van der Waals surface area (Å²) < 4.78 is 5.69. The number of amides is 1. The first kappa shape index (κ1) is 25.5. The van der Waals surface area contributed by atoms with Gasteiger partial charge in [0.05, 0.1) is 0 Å². The maximum Gasteiger partial charge on any atom is 0.303 e. The molecule has 0 saturated carbocycles. The number of aryl methyl sites for hydroxylation is 2. The van der Waals surface area contributed by atoms with E-state index in [0.29, 0.717) is 18.5 Å². The van der Waals surface area contributed by atoms with Crippen molar-refractivity contribution in [2.75, 3.05) is 4.90 Å². The minimum absolute atomic E-state index is 0.0136. The van der Waals surface area contributed by atoms with Crippen LogP contribution in [0.25, 0.3) is 11.1 Å².